The summed E-state index contributed by atoms with van der Waals surface area (Å²) in [5.74, 6) is 1.13. The molecule has 0 radical (unpaired) electrons. The minimum absolute atomic E-state index is 0.177. The third kappa shape index (κ3) is 2.02. The van der Waals surface area contributed by atoms with Crippen LogP contribution >= 0.6 is 0 Å². The standard InChI is InChI=1S/C14H17NO2/c16-14(15-7-1-2-8-15)12-5-6-13-11(10-12)4-3-9-17-13/h5-6,10H,1-4,7-9H2. The minimum atomic E-state index is 0.177. The third-order valence-corrected chi connectivity index (χ3v) is 3.55. The largest absolute Gasteiger partial charge is 0.493 e. The van der Waals surface area contributed by atoms with Crippen LogP contribution in [0, 0.1) is 0 Å². The summed E-state index contributed by atoms with van der Waals surface area (Å²) in [5, 5.41) is 0. The van der Waals surface area contributed by atoms with Crippen LogP contribution in [0.4, 0.5) is 0 Å². The molecular weight excluding hydrogens is 214 g/mol. The van der Waals surface area contributed by atoms with Crippen LogP contribution in [-0.2, 0) is 6.42 Å². The Labute approximate surface area is 101 Å². The zero-order valence-electron chi connectivity index (χ0n) is 9.95. The summed E-state index contributed by atoms with van der Waals surface area (Å²) in [6.07, 6.45) is 4.35. The second-order valence-corrected chi connectivity index (χ2v) is 4.77. The van der Waals surface area contributed by atoms with Crippen molar-refractivity contribution >= 4 is 5.91 Å². The summed E-state index contributed by atoms with van der Waals surface area (Å²) >= 11 is 0. The quantitative estimate of drug-likeness (QED) is 0.742. The normalized spacial score (nSPS) is 18.7. The van der Waals surface area contributed by atoms with Gasteiger partial charge in [-0.05, 0) is 49.4 Å². The molecule has 3 nitrogen and oxygen atoms in total. The summed E-state index contributed by atoms with van der Waals surface area (Å²) in [6, 6.07) is 5.84. The molecule has 1 amide bonds. The fourth-order valence-electron chi connectivity index (χ4n) is 2.60. The number of hydrogen-bond donors (Lipinski definition) is 0. The van der Waals surface area contributed by atoms with Crippen LogP contribution < -0.4 is 4.74 Å². The van der Waals surface area contributed by atoms with Crippen molar-refractivity contribution in [2.45, 2.75) is 25.7 Å². The third-order valence-electron chi connectivity index (χ3n) is 3.55. The summed E-state index contributed by atoms with van der Waals surface area (Å²) in [4.78, 5) is 14.2. The van der Waals surface area contributed by atoms with Gasteiger partial charge in [-0.25, -0.2) is 0 Å². The van der Waals surface area contributed by atoms with Crippen LogP contribution in [0.5, 0.6) is 5.75 Å². The number of ether oxygens (including phenoxy) is 1. The molecule has 0 saturated carbocycles. The number of rotatable bonds is 1. The fraction of sp³-hybridized carbons (Fsp3) is 0.500. The maximum Gasteiger partial charge on any atom is 0.253 e. The lowest BCUT2D eigenvalue weighted by molar-refractivity contribution is 0.0792. The number of amides is 1. The average molecular weight is 231 g/mol. The molecule has 0 spiro atoms. The maximum absolute atomic E-state index is 12.2. The predicted molar refractivity (Wildman–Crippen MR) is 65.4 cm³/mol. The molecule has 2 aliphatic rings. The molecule has 0 unspecified atom stereocenters. The Morgan fingerprint density at radius 2 is 2.00 bits per heavy atom. The van der Waals surface area contributed by atoms with E-state index in [-0.39, 0.29) is 5.91 Å². The van der Waals surface area contributed by atoms with Crippen molar-refractivity contribution in [3.05, 3.63) is 29.3 Å². The molecule has 17 heavy (non-hydrogen) atoms. The van der Waals surface area contributed by atoms with Gasteiger partial charge in [0.1, 0.15) is 5.75 Å². The first-order valence-corrected chi connectivity index (χ1v) is 6.39. The highest BCUT2D eigenvalue weighted by atomic mass is 16.5. The minimum Gasteiger partial charge on any atom is -0.493 e. The van der Waals surface area contributed by atoms with E-state index in [1.54, 1.807) is 0 Å². The van der Waals surface area contributed by atoms with Crippen LogP contribution in [0.1, 0.15) is 35.2 Å². The van der Waals surface area contributed by atoms with Gasteiger partial charge in [0.15, 0.2) is 0 Å². The summed E-state index contributed by atoms with van der Waals surface area (Å²) in [6.45, 7) is 2.62. The first-order valence-electron chi connectivity index (χ1n) is 6.39. The number of carbonyl (C=O) groups is 1. The summed E-state index contributed by atoms with van der Waals surface area (Å²) in [5.41, 5.74) is 2.00. The topological polar surface area (TPSA) is 29.5 Å². The van der Waals surface area contributed by atoms with E-state index in [4.69, 9.17) is 4.74 Å². The second-order valence-electron chi connectivity index (χ2n) is 4.77. The number of hydrogen-bond acceptors (Lipinski definition) is 2. The van der Waals surface area contributed by atoms with Gasteiger partial charge in [0, 0.05) is 18.7 Å². The Morgan fingerprint density at radius 3 is 2.82 bits per heavy atom. The monoisotopic (exact) mass is 231 g/mol. The van der Waals surface area contributed by atoms with Crippen LogP contribution in [0.3, 0.4) is 0 Å². The molecule has 3 rings (SSSR count). The van der Waals surface area contributed by atoms with E-state index in [2.05, 4.69) is 0 Å². The molecule has 0 bridgehead atoms. The molecule has 3 heteroatoms. The number of fused-ring (bicyclic) bond motifs is 1. The predicted octanol–water partition coefficient (Wildman–Crippen LogP) is 2.25. The Balaban J connectivity index is 1.85. The molecule has 0 atom stereocenters. The van der Waals surface area contributed by atoms with Crippen LogP contribution in [0.15, 0.2) is 18.2 Å². The van der Waals surface area contributed by atoms with Crippen LogP contribution in [0.25, 0.3) is 0 Å². The van der Waals surface area contributed by atoms with E-state index in [9.17, 15) is 4.79 Å². The lowest BCUT2D eigenvalue weighted by Gasteiger charge is -2.20. The van der Waals surface area contributed by atoms with Gasteiger partial charge in [-0.3, -0.25) is 4.79 Å². The Morgan fingerprint density at radius 1 is 1.18 bits per heavy atom. The van der Waals surface area contributed by atoms with Crippen molar-refractivity contribution < 1.29 is 9.53 Å². The molecule has 1 aromatic rings. The van der Waals surface area contributed by atoms with Crippen LogP contribution in [-0.4, -0.2) is 30.5 Å². The fourth-order valence-corrected chi connectivity index (χ4v) is 2.60. The van der Waals surface area contributed by atoms with Gasteiger partial charge in [0.05, 0.1) is 6.61 Å². The van der Waals surface area contributed by atoms with E-state index in [0.717, 1.165) is 56.7 Å². The van der Waals surface area contributed by atoms with Crippen molar-refractivity contribution in [2.24, 2.45) is 0 Å². The highest BCUT2D eigenvalue weighted by Gasteiger charge is 2.21. The molecule has 0 N–H and O–H groups in total. The van der Waals surface area contributed by atoms with Gasteiger partial charge in [0.2, 0.25) is 0 Å². The molecule has 90 valence electrons. The number of likely N-dealkylation sites (tertiary alicyclic amines) is 1. The van der Waals surface area contributed by atoms with Crippen molar-refractivity contribution in [3.8, 4) is 5.75 Å². The molecule has 0 aromatic heterocycles. The molecule has 1 aromatic carbocycles. The van der Waals surface area contributed by atoms with E-state index in [1.165, 1.54) is 5.56 Å². The van der Waals surface area contributed by atoms with Gasteiger partial charge in [-0.15, -0.1) is 0 Å². The molecule has 0 aliphatic carbocycles. The zero-order valence-corrected chi connectivity index (χ0v) is 9.95. The average Bonchev–Trinajstić information content (AvgIpc) is 2.91. The Kier molecular flexibility index (Phi) is 2.75. The number of nitrogens with zero attached hydrogens (tertiary/aromatic N) is 1. The summed E-state index contributed by atoms with van der Waals surface area (Å²) < 4.78 is 5.56. The highest BCUT2D eigenvalue weighted by molar-refractivity contribution is 5.94. The Bertz CT molecular complexity index is 436. The summed E-state index contributed by atoms with van der Waals surface area (Å²) in [7, 11) is 0. The molecule has 2 heterocycles. The lowest BCUT2D eigenvalue weighted by atomic mass is 10.0. The zero-order chi connectivity index (χ0) is 11.7. The molecular formula is C14H17NO2. The molecule has 1 saturated heterocycles. The van der Waals surface area contributed by atoms with E-state index in [1.807, 2.05) is 23.1 Å². The van der Waals surface area contributed by atoms with Crippen molar-refractivity contribution in [2.75, 3.05) is 19.7 Å². The smallest absolute Gasteiger partial charge is 0.253 e. The number of benzene rings is 1. The number of carbonyl (C=O) groups excluding carboxylic acids is 1. The van der Waals surface area contributed by atoms with Crippen molar-refractivity contribution in [1.29, 1.82) is 0 Å². The van der Waals surface area contributed by atoms with Gasteiger partial charge in [0.25, 0.3) is 5.91 Å². The van der Waals surface area contributed by atoms with Crippen LogP contribution in [0.2, 0.25) is 0 Å². The highest BCUT2D eigenvalue weighted by Crippen LogP contribution is 2.26. The Hall–Kier alpha value is -1.51. The van der Waals surface area contributed by atoms with Crippen molar-refractivity contribution in [1.82, 2.24) is 4.90 Å². The van der Waals surface area contributed by atoms with Crippen molar-refractivity contribution in [3.63, 3.8) is 0 Å². The first-order chi connectivity index (χ1) is 8.34. The van der Waals surface area contributed by atoms with Gasteiger partial charge >= 0.3 is 0 Å². The van der Waals surface area contributed by atoms with E-state index >= 15 is 0 Å². The van der Waals surface area contributed by atoms with E-state index < -0.39 is 0 Å². The van der Waals surface area contributed by atoms with E-state index in [0.29, 0.717) is 0 Å². The first kappa shape index (κ1) is 10.6. The van der Waals surface area contributed by atoms with Gasteiger partial charge in [-0.2, -0.15) is 0 Å². The van der Waals surface area contributed by atoms with Gasteiger partial charge < -0.3 is 9.64 Å². The molecule has 1 fully saturated rings. The lowest BCUT2D eigenvalue weighted by Crippen LogP contribution is -2.27. The second kappa shape index (κ2) is 4.40. The SMILES string of the molecule is O=C(c1ccc2c(c1)CCCO2)N1CCCC1. The molecule has 2 aliphatic heterocycles. The van der Waals surface area contributed by atoms with Gasteiger partial charge in [-0.1, -0.05) is 0 Å². The number of aryl methyl sites for hydroxylation is 1. The maximum atomic E-state index is 12.2.